The largest absolute Gasteiger partial charge is 0.308 e. The fourth-order valence-corrected chi connectivity index (χ4v) is 5.23. The van der Waals surface area contributed by atoms with Crippen molar-refractivity contribution in [2.75, 3.05) is 32.1 Å². The van der Waals surface area contributed by atoms with Crippen molar-refractivity contribution in [2.45, 2.75) is 12.8 Å². The summed E-state index contributed by atoms with van der Waals surface area (Å²) in [4.78, 5) is 22.9. The highest BCUT2D eigenvalue weighted by Crippen LogP contribution is 2.35. The van der Waals surface area contributed by atoms with Crippen LogP contribution in [0.1, 0.15) is 22.6 Å². The number of rotatable bonds is 7. The predicted octanol–water partition coefficient (Wildman–Crippen LogP) is 5.98. The molecule has 0 aliphatic rings. The summed E-state index contributed by atoms with van der Waals surface area (Å²) in [6.45, 7) is 3.28. The van der Waals surface area contributed by atoms with Crippen LogP contribution in [0.2, 0.25) is 5.02 Å². The Morgan fingerprint density at radius 1 is 0.969 bits per heavy atom. The molecule has 0 N–H and O–H groups in total. The summed E-state index contributed by atoms with van der Waals surface area (Å²) in [5.41, 5.74) is 3.85. The van der Waals surface area contributed by atoms with Crippen molar-refractivity contribution in [1.29, 1.82) is 0 Å². The number of benzene rings is 3. The van der Waals surface area contributed by atoms with Crippen LogP contribution in [0, 0.1) is 6.92 Å². The van der Waals surface area contributed by atoms with E-state index in [1.54, 1.807) is 0 Å². The molecule has 6 heteroatoms. The lowest BCUT2D eigenvalue weighted by Gasteiger charge is -2.27. The molecule has 0 unspecified atom stereocenters. The minimum Gasteiger partial charge on any atom is -0.308 e. The number of nitrogens with zero attached hydrogens (tertiary/aromatic N) is 3. The molecule has 0 atom stereocenters. The highest BCUT2D eigenvalue weighted by atomic mass is 35.5. The number of fused-ring (bicyclic) bond motifs is 1. The van der Waals surface area contributed by atoms with Crippen LogP contribution in [-0.2, 0) is 4.79 Å². The van der Waals surface area contributed by atoms with Crippen molar-refractivity contribution in [3.63, 3.8) is 0 Å². The Bertz CT molecular complexity index is 1170. The van der Waals surface area contributed by atoms with Crippen molar-refractivity contribution >= 4 is 44.2 Å². The van der Waals surface area contributed by atoms with E-state index < -0.39 is 5.92 Å². The lowest BCUT2D eigenvalue weighted by Crippen LogP contribution is -2.40. The van der Waals surface area contributed by atoms with E-state index in [1.807, 2.05) is 98.7 Å². The predicted molar refractivity (Wildman–Crippen MR) is 135 cm³/mol. The van der Waals surface area contributed by atoms with Gasteiger partial charge < -0.3 is 4.90 Å². The molecule has 3 aromatic carbocycles. The van der Waals surface area contributed by atoms with Gasteiger partial charge >= 0.3 is 0 Å². The number of anilines is 1. The van der Waals surface area contributed by atoms with Crippen LogP contribution in [-0.4, -0.2) is 43.0 Å². The van der Waals surface area contributed by atoms with Crippen LogP contribution >= 0.6 is 22.9 Å². The summed E-state index contributed by atoms with van der Waals surface area (Å²) >= 11 is 7.79. The molecule has 1 amide bonds. The number of likely N-dealkylation sites (N-methyl/N-ethyl adjacent to an activating group) is 1. The third-order valence-electron chi connectivity index (χ3n) is 5.42. The fraction of sp³-hybridized carbons (Fsp3) is 0.231. The van der Waals surface area contributed by atoms with Crippen molar-refractivity contribution in [3.05, 3.63) is 94.5 Å². The maximum atomic E-state index is 14.1. The molecular formula is C26H26ClN3OS. The second-order valence-corrected chi connectivity index (χ2v) is 9.56. The number of hydrogen-bond donors (Lipinski definition) is 0. The summed E-state index contributed by atoms with van der Waals surface area (Å²) < 4.78 is 0.989. The average Bonchev–Trinajstić information content (AvgIpc) is 3.19. The minimum absolute atomic E-state index is 0.0204. The number of aromatic nitrogens is 1. The van der Waals surface area contributed by atoms with Crippen molar-refractivity contribution in [2.24, 2.45) is 0 Å². The van der Waals surface area contributed by atoms with Gasteiger partial charge in [0, 0.05) is 18.1 Å². The molecular weight excluding hydrogens is 438 g/mol. The molecule has 4 rings (SSSR count). The van der Waals surface area contributed by atoms with E-state index in [2.05, 4.69) is 4.90 Å². The fourth-order valence-electron chi connectivity index (χ4n) is 3.78. The summed E-state index contributed by atoms with van der Waals surface area (Å²) in [6, 6.07) is 23.8. The lowest BCUT2D eigenvalue weighted by atomic mass is 9.90. The highest BCUT2D eigenvalue weighted by Gasteiger charge is 2.30. The van der Waals surface area contributed by atoms with E-state index in [9.17, 15) is 4.79 Å². The molecule has 32 heavy (non-hydrogen) atoms. The molecule has 0 aliphatic heterocycles. The maximum absolute atomic E-state index is 14.1. The monoisotopic (exact) mass is 463 g/mol. The van der Waals surface area contributed by atoms with Crippen LogP contribution in [0.15, 0.2) is 72.8 Å². The Morgan fingerprint density at radius 3 is 2.12 bits per heavy atom. The van der Waals surface area contributed by atoms with Gasteiger partial charge in [-0.25, -0.2) is 4.98 Å². The first-order chi connectivity index (χ1) is 15.4. The van der Waals surface area contributed by atoms with Gasteiger partial charge in [0.1, 0.15) is 0 Å². The zero-order valence-electron chi connectivity index (χ0n) is 18.5. The molecule has 4 aromatic rings. The molecule has 0 saturated heterocycles. The van der Waals surface area contributed by atoms with Gasteiger partial charge in [0.15, 0.2) is 5.13 Å². The number of hydrogen-bond acceptors (Lipinski definition) is 4. The van der Waals surface area contributed by atoms with E-state index in [0.29, 0.717) is 16.7 Å². The third kappa shape index (κ3) is 4.85. The quantitative estimate of drug-likeness (QED) is 0.338. The zero-order chi connectivity index (χ0) is 22.7. The summed E-state index contributed by atoms with van der Waals surface area (Å²) in [5, 5.41) is 1.39. The molecule has 0 saturated carbocycles. The van der Waals surface area contributed by atoms with Crippen molar-refractivity contribution in [1.82, 2.24) is 9.88 Å². The molecule has 0 aliphatic carbocycles. The summed E-state index contributed by atoms with van der Waals surface area (Å²) in [5.74, 6) is -0.386. The number of carbonyl (C=O) groups excluding carboxylic acids is 1. The van der Waals surface area contributed by atoms with Gasteiger partial charge in [-0.3, -0.25) is 9.69 Å². The Labute approximate surface area is 198 Å². The van der Waals surface area contributed by atoms with Gasteiger partial charge in [0.2, 0.25) is 5.91 Å². The average molecular weight is 464 g/mol. The van der Waals surface area contributed by atoms with Gasteiger partial charge in [-0.1, -0.05) is 83.6 Å². The first kappa shape index (κ1) is 22.5. The van der Waals surface area contributed by atoms with Crippen LogP contribution in [0.4, 0.5) is 5.13 Å². The molecule has 1 aromatic heterocycles. The normalized spacial score (nSPS) is 11.4. The van der Waals surface area contributed by atoms with E-state index in [4.69, 9.17) is 16.6 Å². The molecule has 0 bridgehead atoms. The topological polar surface area (TPSA) is 36.4 Å². The zero-order valence-corrected chi connectivity index (χ0v) is 20.0. The number of halogens is 1. The van der Waals surface area contributed by atoms with Crippen LogP contribution in [0.25, 0.3) is 10.2 Å². The maximum Gasteiger partial charge on any atom is 0.240 e. The van der Waals surface area contributed by atoms with Gasteiger partial charge in [-0.15, -0.1) is 0 Å². The van der Waals surface area contributed by atoms with Crippen LogP contribution in [0.3, 0.4) is 0 Å². The Balaban J connectivity index is 1.81. The number of amides is 1. The second-order valence-electron chi connectivity index (χ2n) is 8.11. The Morgan fingerprint density at radius 2 is 1.56 bits per heavy atom. The molecule has 164 valence electrons. The molecule has 1 heterocycles. The summed E-state index contributed by atoms with van der Waals surface area (Å²) in [6.07, 6.45) is 0. The highest BCUT2D eigenvalue weighted by molar-refractivity contribution is 7.22. The third-order valence-corrected chi connectivity index (χ3v) is 6.66. The smallest absolute Gasteiger partial charge is 0.240 e. The van der Waals surface area contributed by atoms with Crippen molar-refractivity contribution in [3.8, 4) is 0 Å². The summed E-state index contributed by atoms with van der Waals surface area (Å²) in [7, 11) is 4.02. The van der Waals surface area contributed by atoms with E-state index in [1.165, 1.54) is 11.3 Å². The molecule has 0 spiro atoms. The van der Waals surface area contributed by atoms with Crippen LogP contribution < -0.4 is 4.90 Å². The molecule has 4 nitrogen and oxygen atoms in total. The van der Waals surface area contributed by atoms with E-state index in [0.717, 1.165) is 33.5 Å². The lowest BCUT2D eigenvalue weighted by molar-refractivity contribution is -0.119. The first-order valence-electron chi connectivity index (χ1n) is 10.6. The van der Waals surface area contributed by atoms with Gasteiger partial charge in [-0.05, 0) is 49.8 Å². The molecule has 0 fully saturated rings. The van der Waals surface area contributed by atoms with E-state index in [-0.39, 0.29) is 5.91 Å². The number of aryl methyl sites for hydroxylation is 1. The number of carbonyl (C=O) groups is 1. The SMILES string of the molecule is Cc1cc(Cl)cc2sc(N(CCN(C)C)C(=O)C(c3ccccc3)c3ccccc3)nc12. The second kappa shape index (κ2) is 9.82. The van der Waals surface area contributed by atoms with Gasteiger partial charge in [0.25, 0.3) is 0 Å². The van der Waals surface area contributed by atoms with Gasteiger partial charge in [-0.2, -0.15) is 0 Å². The van der Waals surface area contributed by atoms with Crippen molar-refractivity contribution < 1.29 is 4.79 Å². The molecule has 0 radical (unpaired) electrons. The Kier molecular flexibility index (Phi) is 6.89. The number of thiazole rings is 1. The van der Waals surface area contributed by atoms with Gasteiger partial charge in [0.05, 0.1) is 16.1 Å². The first-order valence-corrected chi connectivity index (χ1v) is 11.8. The standard InChI is InChI=1S/C26H26ClN3OS/c1-18-16-21(27)17-22-24(18)28-26(32-22)30(15-14-29(2)3)25(31)23(19-10-6-4-7-11-19)20-12-8-5-9-13-20/h4-13,16-17,23H,14-15H2,1-3H3. The van der Waals surface area contributed by atoms with Crippen LogP contribution in [0.5, 0.6) is 0 Å². The minimum atomic E-state index is -0.406. The Hall–Kier alpha value is -2.73. The van der Waals surface area contributed by atoms with E-state index >= 15 is 0 Å².